The van der Waals surface area contributed by atoms with Crippen molar-refractivity contribution < 1.29 is 16.8 Å². The minimum atomic E-state index is -3.23. The molecule has 5 nitrogen and oxygen atoms in total. The standard InChI is InChI=1S/C6H13NO4S2/c1-12(8,9)6-3-4-7(5-6)13(2,10)11/h6H,3-5H2,1-2H3. The Labute approximate surface area is 78.7 Å². The van der Waals surface area contributed by atoms with Gasteiger partial charge in [-0.25, -0.2) is 21.1 Å². The van der Waals surface area contributed by atoms with Gasteiger partial charge in [-0.3, -0.25) is 0 Å². The van der Waals surface area contributed by atoms with E-state index in [0.717, 1.165) is 12.5 Å². The number of rotatable bonds is 2. The highest BCUT2D eigenvalue weighted by atomic mass is 32.2. The van der Waals surface area contributed by atoms with E-state index in [0.29, 0.717) is 13.0 Å². The Morgan fingerprint density at radius 3 is 1.92 bits per heavy atom. The summed E-state index contributed by atoms with van der Waals surface area (Å²) in [5.74, 6) is 0. The molecule has 1 saturated heterocycles. The molecule has 0 spiro atoms. The van der Waals surface area contributed by atoms with Crippen LogP contribution in [0.2, 0.25) is 0 Å². The van der Waals surface area contributed by atoms with E-state index in [9.17, 15) is 16.8 Å². The largest absolute Gasteiger partial charge is 0.229 e. The zero-order valence-electron chi connectivity index (χ0n) is 7.60. The molecule has 0 aromatic heterocycles. The number of hydrogen-bond donors (Lipinski definition) is 0. The topological polar surface area (TPSA) is 71.5 Å². The lowest BCUT2D eigenvalue weighted by molar-refractivity contribution is 0.482. The summed E-state index contributed by atoms with van der Waals surface area (Å²) in [6, 6.07) is 0. The van der Waals surface area contributed by atoms with E-state index in [1.165, 1.54) is 4.31 Å². The Balaban J connectivity index is 2.77. The Morgan fingerprint density at radius 2 is 1.69 bits per heavy atom. The lowest BCUT2D eigenvalue weighted by Gasteiger charge is -2.11. The molecular weight excluding hydrogens is 214 g/mol. The Bertz CT molecular complexity index is 345. The van der Waals surface area contributed by atoms with E-state index in [4.69, 9.17) is 0 Å². The maximum Gasteiger partial charge on any atom is 0.211 e. The van der Waals surface area contributed by atoms with E-state index in [1.807, 2.05) is 0 Å². The Hall–Kier alpha value is -0.140. The SMILES string of the molecule is CS(=O)(=O)C1CCN(S(C)(=O)=O)C1. The highest BCUT2D eigenvalue weighted by Crippen LogP contribution is 2.18. The third kappa shape index (κ3) is 2.65. The highest BCUT2D eigenvalue weighted by Gasteiger charge is 2.34. The lowest BCUT2D eigenvalue weighted by Crippen LogP contribution is -2.30. The van der Waals surface area contributed by atoms with Crippen LogP contribution in [0.3, 0.4) is 0 Å². The summed E-state index contributed by atoms with van der Waals surface area (Å²) in [4.78, 5) is 0. The zero-order chi connectivity index (χ0) is 10.3. The van der Waals surface area contributed by atoms with Crippen molar-refractivity contribution in [2.45, 2.75) is 11.7 Å². The predicted octanol–water partition coefficient (Wildman–Crippen LogP) is -0.935. The van der Waals surface area contributed by atoms with Crippen LogP contribution in [0.25, 0.3) is 0 Å². The third-order valence-electron chi connectivity index (χ3n) is 2.18. The van der Waals surface area contributed by atoms with Crippen LogP contribution < -0.4 is 0 Å². The van der Waals surface area contributed by atoms with Crippen LogP contribution >= 0.6 is 0 Å². The maximum atomic E-state index is 11.1. The van der Waals surface area contributed by atoms with Gasteiger partial charge in [0, 0.05) is 19.3 Å². The summed E-state index contributed by atoms with van der Waals surface area (Å²) in [6.07, 6.45) is 2.65. The normalized spacial score (nSPS) is 26.5. The van der Waals surface area contributed by atoms with Crippen LogP contribution in [-0.4, -0.2) is 52.0 Å². The van der Waals surface area contributed by atoms with Crippen molar-refractivity contribution in [1.82, 2.24) is 4.31 Å². The Morgan fingerprint density at radius 1 is 1.15 bits per heavy atom. The Kier molecular flexibility index (Phi) is 2.70. The van der Waals surface area contributed by atoms with E-state index in [2.05, 4.69) is 0 Å². The molecule has 0 amide bonds. The molecule has 13 heavy (non-hydrogen) atoms. The highest BCUT2D eigenvalue weighted by molar-refractivity contribution is 7.91. The average molecular weight is 227 g/mol. The minimum absolute atomic E-state index is 0.109. The maximum absolute atomic E-state index is 11.1. The summed E-state index contributed by atoms with van der Waals surface area (Å²) in [5, 5.41) is -0.526. The molecule has 1 heterocycles. The smallest absolute Gasteiger partial charge is 0.211 e. The fourth-order valence-corrected chi connectivity index (χ4v) is 3.31. The van der Waals surface area contributed by atoms with Crippen molar-refractivity contribution in [3.8, 4) is 0 Å². The first-order valence-electron chi connectivity index (χ1n) is 3.85. The first-order chi connectivity index (χ1) is 5.71. The summed E-state index contributed by atoms with van der Waals surface area (Å²) in [5.41, 5.74) is 0. The van der Waals surface area contributed by atoms with Gasteiger partial charge < -0.3 is 0 Å². The van der Waals surface area contributed by atoms with Gasteiger partial charge in [0.1, 0.15) is 0 Å². The molecule has 0 aliphatic carbocycles. The van der Waals surface area contributed by atoms with Gasteiger partial charge in [-0.1, -0.05) is 0 Å². The van der Waals surface area contributed by atoms with Crippen LogP contribution in [0.1, 0.15) is 6.42 Å². The fraction of sp³-hybridized carbons (Fsp3) is 1.00. The van der Waals surface area contributed by atoms with Gasteiger partial charge in [0.05, 0.1) is 11.5 Å². The van der Waals surface area contributed by atoms with Crippen molar-refractivity contribution in [2.75, 3.05) is 25.6 Å². The van der Waals surface area contributed by atoms with Crippen molar-refractivity contribution in [1.29, 1.82) is 0 Å². The van der Waals surface area contributed by atoms with Gasteiger partial charge in [-0.05, 0) is 6.42 Å². The van der Waals surface area contributed by atoms with Gasteiger partial charge in [0.2, 0.25) is 10.0 Å². The first-order valence-corrected chi connectivity index (χ1v) is 7.65. The minimum Gasteiger partial charge on any atom is -0.229 e. The predicted molar refractivity (Wildman–Crippen MR) is 49.7 cm³/mol. The summed E-state index contributed by atoms with van der Waals surface area (Å²) >= 11 is 0. The van der Waals surface area contributed by atoms with Crippen LogP contribution in [0, 0.1) is 0 Å². The molecule has 1 unspecified atom stereocenters. The third-order valence-corrected chi connectivity index (χ3v) is 5.05. The monoisotopic (exact) mass is 227 g/mol. The zero-order valence-corrected chi connectivity index (χ0v) is 9.23. The number of nitrogens with zero attached hydrogens (tertiary/aromatic N) is 1. The van der Waals surface area contributed by atoms with E-state index >= 15 is 0 Å². The molecule has 1 aliphatic rings. The molecule has 1 rings (SSSR count). The second-order valence-electron chi connectivity index (χ2n) is 3.36. The number of sulfone groups is 1. The van der Waals surface area contributed by atoms with Crippen LogP contribution in [0.5, 0.6) is 0 Å². The summed E-state index contributed by atoms with van der Waals surface area (Å²) < 4.78 is 45.5. The molecule has 7 heteroatoms. The van der Waals surface area contributed by atoms with Crippen molar-refractivity contribution in [2.24, 2.45) is 0 Å². The van der Waals surface area contributed by atoms with Gasteiger partial charge in [0.25, 0.3) is 0 Å². The molecule has 1 aliphatic heterocycles. The van der Waals surface area contributed by atoms with Gasteiger partial charge in [-0.2, -0.15) is 0 Å². The van der Waals surface area contributed by atoms with E-state index in [1.54, 1.807) is 0 Å². The van der Waals surface area contributed by atoms with Gasteiger partial charge in [0.15, 0.2) is 9.84 Å². The van der Waals surface area contributed by atoms with Gasteiger partial charge in [-0.15, -0.1) is 0 Å². The molecule has 0 aromatic carbocycles. The molecule has 78 valence electrons. The molecule has 0 N–H and O–H groups in total. The average Bonchev–Trinajstić information content (AvgIpc) is 2.28. The second-order valence-corrected chi connectivity index (χ2v) is 7.67. The van der Waals surface area contributed by atoms with Crippen LogP contribution in [0.4, 0.5) is 0 Å². The lowest BCUT2D eigenvalue weighted by atomic mass is 10.4. The summed E-state index contributed by atoms with van der Waals surface area (Å²) in [7, 11) is -6.33. The number of sulfonamides is 1. The molecule has 0 bridgehead atoms. The second kappa shape index (κ2) is 3.21. The van der Waals surface area contributed by atoms with Gasteiger partial charge >= 0.3 is 0 Å². The fourth-order valence-electron chi connectivity index (χ4n) is 1.35. The molecule has 1 fully saturated rings. The molecule has 0 radical (unpaired) electrons. The van der Waals surface area contributed by atoms with E-state index in [-0.39, 0.29) is 6.54 Å². The first kappa shape index (κ1) is 10.9. The number of hydrogen-bond acceptors (Lipinski definition) is 4. The molecule has 0 saturated carbocycles. The molecule has 0 aromatic rings. The van der Waals surface area contributed by atoms with E-state index < -0.39 is 25.1 Å². The van der Waals surface area contributed by atoms with Crippen molar-refractivity contribution in [3.05, 3.63) is 0 Å². The summed E-state index contributed by atoms with van der Waals surface area (Å²) in [6.45, 7) is 0.425. The van der Waals surface area contributed by atoms with Crippen LogP contribution in [0.15, 0.2) is 0 Å². The van der Waals surface area contributed by atoms with Crippen molar-refractivity contribution >= 4 is 19.9 Å². The van der Waals surface area contributed by atoms with Crippen LogP contribution in [-0.2, 0) is 19.9 Å². The quantitative estimate of drug-likeness (QED) is 0.610. The molecular formula is C6H13NO4S2. The molecule has 1 atom stereocenters. The van der Waals surface area contributed by atoms with Crippen molar-refractivity contribution in [3.63, 3.8) is 0 Å².